The molecule has 0 aromatic rings. The lowest BCUT2D eigenvalue weighted by molar-refractivity contribution is -0.179. The molecule has 0 bridgehead atoms. The molecule has 26 heavy (non-hydrogen) atoms. The molecule has 4 atom stereocenters. The molecular formula is C15H21NO10. The highest BCUT2D eigenvalue weighted by Gasteiger charge is 2.58. The Morgan fingerprint density at radius 1 is 0.654 bits per heavy atom. The van der Waals surface area contributed by atoms with Crippen LogP contribution in [0.4, 0.5) is 4.79 Å². The van der Waals surface area contributed by atoms with Crippen molar-refractivity contribution in [1.29, 1.82) is 0 Å². The van der Waals surface area contributed by atoms with E-state index in [2.05, 4.69) is 23.7 Å². The highest BCUT2D eigenvalue weighted by atomic mass is 16.6. The molecule has 11 heteroatoms. The van der Waals surface area contributed by atoms with Gasteiger partial charge in [0.1, 0.15) is 12.0 Å². The largest absolute Gasteiger partial charge is 0.469 e. The number of piperidine rings is 1. The van der Waals surface area contributed by atoms with Gasteiger partial charge in [-0.15, -0.1) is 0 Å². The zero-order chi connectivity index (χ0) is 20.0. The van der Waals surface area contributed by atoms with Crippen molar-refractivity contribution in [3.63, 3.8) is 0 Å². The Kier molecular flexibility index (Phi) is 7.35. The molecule has 0 aromatic carbocycles. The first-order valence-electron chi connectivity index (χ1n) is 7.44. The molecule has 0 saturated carbocycles. The molecule has 146 valence electrons. The van der Waals surface area contributed by atoms with Crippen LogP contribution in [0.1, 0.15) is 0 Å². The number of carbonyl (C=O) groups is 5. The summed E-state index contributed by atoms with van der Waals surface area (Å²) in [6.07, 6.45) is -0.994. The number of esters is 4. The molecule has 1 saturated heterocycles. The maximum atomic E-state index is 12.4. The van der Waals surface area contributed by atoms with E-state index in [0.29, 0.717) is 0 Å². The molecule has 1 amide bonds. The van der Waals surface area contributed by atoms with Crippen LogP contribution in [0.15, 0.2) is 0 Å². The van der Waals surface area contributed by atoms with Gasteiger partial charge in [-0.05, 0) is 0 Å². The molecule has 11 nitrogen and oxygen atoms in total. The number of hydrogen-bond donors (Lipinski definition) is 0. The maximum absolute atomic E-state index is 12.4. The van der Waals surface area contributed by atoms with Crippen LogP contribution in [0, 0.1) is 17.8 Å². The third-order valence-corrected chi connectivity index (χ3v) is 4.19. The van der Waals surface area contributed by atoms with E-state index < -0.39 is 60.3 Å². The van der Waals surface area contributed by atoms with Gasteiger partial charge in [0.05, 0.1) is 47.4 Å². The number of methoxy groups -OCH3 is 5. The minimum atomic E-state index is -1.56. The number of ether oxygens (including phenoxy) is 5. The molecule has 1 fully saturated rings. The molecule has 0 unspecified atom stereocenters. The molecular weight excluding hydrogens is 354 g/mol. The van der Waals surface area contributed by atoms with E-state index >= 15 is 0 Å². The summed E-state index contributed by atoms with van der Waals surface area (Å²) >= 11 is 0. The first-order chi connectivity index (χ1) is 12.3. The van der Waals surface area contributed by atoms with Gasteiger partial charge >= 0.3 is 30.0 Å². The fourth-order valence-corrected chi connectivity index (χ4v) is 3.01. The lowest BCUT2D eigenvalue weighted by atomic mass is 9.73. The van der Waals surface area contributed by atoms with Crippen LogP contribution in [-0.2, 0) is 42.9 Å². The van der Waals surface area contributed by atoms with Crippen molar-refractivity contribution < 1.29 is 47.7 Å². The average Bonchev–Trinajstić information content (AvgIpc) is 2.68. The summed E-state index contributed by atoms with van der Waals surface area (Å²) in [6.45, 7) is -0.424. The lowest BCUT2D eigenvalue weighted by Gasteiger charge is -2.43. The van der Waals surface area contributed by atoms with Gasteiger partial charge < -0.3 is 23.7 Å². The van der Waals surface area contributed by atoms with Gasteiger partial charge in [-0.3, -0.25) is 19.3 Å². The summed E-state index contributed by atoms with van der Waals surface area (Å²) in [5, 5.41) is 0. The normalized spacial score (nSPS) is 24.9. The number of hydrogen-bond acceptors (Lipinski definition) is 10. The van der Waals surface area contributed by atoms with Crippen molar-refractivity contribution in [2.24, 2.45) is 17.8 Å². The smallest absolute Gasteiger partial charge is 0.410 e. The first-order valence-corrected chi connectivity index (χ1v) is 7.44. The zero-order valence-electron chi connectivity index (χ0n) is 15.0. The summed E-state index contributed by atoms with van der Waals surface area (Å²) in [6, 6.07) is -1.55. The van der Waals surface area contributed by atoms with Crippen LogP contribution < -0.4 is 0 Å². The van der Waals surface area contributed by atoms with E-state index in [4.69, 9.17) is 0 Å². The molecule has 0 N–H and O–H groups in total. The van der Waals surface area contributed by atoms with Crippen molar-refractivity contribution in [2.75, 3.05) is 42.1 Å². The van der Waals surface area contributed by atoms with E-state index in [1.54, 1.807) is 0 Å². The van der Waals surface area contributed by atoms with E-state index in [9.17, 15) is 24.0 Å². The van der Waals surface area contributed by atoms with Crippen LogP contribution in [-0.4, -0.2) is 83.0 Å². The first kappa shape index (κ1) is 21.2. The van der Waals surface area contributed by atoms with E-state index in [1.807, 2.05) is 0 Å². The average molecular weight is 375 g/mol. The summed E-state index contributed by atoms with van der Waals surface area (Å²) in [4.78, 5) is 62.1. The van der Waals surface area contributed by atoms with Crippen LogP contribution in [0.2, 0.25) is 0 Å². The second kappa shape index (κ2) is 9.02. The van der Waals surface area contributed by atoms with E-state index in [-0.39, 0.29) is 0 Å². The van der Waals surface area contributed by atoms with Gasteiger partial charge in [-0.2, -0.15) is 0 Å². The SMILES string of the molecule is COC(=O)[C@@H]1[C@H](C(=O)OC)[C@@H](C(=O)OC)CN(C(=O)OC)[C@H]1C(=O)OC. The van der Waals surface area contributed by atoms with Crippen LogP contribution in [0.25, 0.3) is 0 Å². The Morgan fingerprint density at radius 3 is 1.54 bits per heavy atom. The Balaban J connectivity index is 3.60. The second-order valence-electron chi connectivity index (χ2n) is 5.32. The van der Waals surface area contributed by atoms with Gasteiger partial charge in [0.2, 0.25) is 0 Å². The Bertz CT molecular complexity index is 547. The number of carbonyl (C=O) groups excluding carboxylic acids is 5. The predicted octanol–water partition coefficient (Wildman–Crippen LogP) is -1.02. The summed E-state index contributed by atoms with van der Waals surface area (Å²) in [5.41, 5.74) is 0. The van der Waals surface area contributed by atoms with Gasteiger partial charge in [0.25, 0.3) is 0 Å². The fraction of sp³-hybridized carbons (Fsp3) is 0.667. The maximum Gasteiger partial charge on any atom is 0.410 e. The van der Waals surface area contributed by atoms with Gasteiger partial charge in [-0.25, -0.2) is 9.59 Å². The topological polar surface area (TPSA) is 135 Å². The molecule has 1 rings (SSSR count). The number of nitrogens with zero attached hydrogens (tertiary/aromatic N) is 1. The summed E-state index contributed by atoms with van der Waals surface area (Å²) in [7, 11) is 5.29. The molecule has 1 heterocycles. The third-order valence-electron chi connectivity index (χ3n) is 4.19. The predicted molar refractivity (Wildman–Crippen MR) is 81.4 cm³/mol. The highest BCUT2D eigenvalue weighted by Crippen LogP contribution is 2.37. The van der Waals surface area contributed by atoms with Crippen LogP contribution in [0.3, 0.4) is 0 Å². The monoisotopic (exact) mass is 375 g/mol. The van der Waals surface area contributed by atoms with Crippen molar-refractivity contribution in [3.8, 4) is 0 Å². The van der Waals surface area contributed by atoms with E-state index in [1.165, 1.54) is 0 Å². The van der Waals surface area contributed by atoms with Gasteiger partial charge in [0.15, 0.2) is 0 Å². The minimum Gasteiger partial charge on any atom is -0.469 e. The summed E-state index contributed by atoms with van der Waals surface area (Å²) < 4.78 is 23.3. The van der Waals surface area contributed by atoms with Crippen molar-refractivity contribution in [2.45, 2.75) is 6.04 Å². The Labute approximate surface area is 149 Å². The summed E-state index contributed by atoms with van der Waals surface area (Å²) in [5.74, 6) is -8.06. The fourth-order valence-electron chi connectivity index (χ4n) is 3.01. The van der Waals surface area contributed by atoms with Crippen molar-refractivity contribution >= 4 is 30.0 Å². The van der Waals surface area contributed by atoms with Crippen molar-refractivity contribution in [3.05, 3.63) is 0 Å². The zero-order valence-corrected chi connectivity index (χ0v) is 15.0. The minimum absolute atomic E-state index is 0.424. The molecule has 0 aliphatic carbocycles. The number of likely N-dealkylation sites (tertiary alicyclic amines) is 1. The van der Waals surface area contributed by atoms with Crippen LogP contribution in [0.5, 0.6) is 0 Å². The quantitative estimate of drug-likeness (QED) is 0.443. The molecule has 1 aliphatic heterocycles. The Hall–Kier alpha value is -2.85. The number of amides is 1. The molecule has 0 spiro atoms. The van der Waals surface area contributed by atoms with E-state index in [0.717, 1.165) is 40.4 Å². The van der Waals surface area contributed by atoms with Crippen LogP contribution >= 0.6 is 0 Å². The molecule has 1 aliphatic rings. The Morgan fingerprint density at radius 2 is 1.12 bits per heavy atom. The van der Waals surface area contributed by atoms with Gasteiger partial charge in [0, 0.05) is 6.54 Å². The van der Waals surface area contributed by atoms with Gasteiger partial charge in [-0.1, -0.05) is 0 Å². The molecule has 0 radical (unpaired) electrons. The standard InChI is InChI=1S/C15H21NO10/c1-22-11(17)7-6-16(15(21)26-5)10(14(20)25-4)9(13(19)24-3)8(7)12(18)23-2/h7-10H,6H2,1-5H3/t7-,8+,9+,10+/m0/s1. The highest BCUT2D eigenvalue weighted by molar-refractivity contribution is 5.94. The van der Waals surface area contributed by atoms with Crippen molar-refractivity contribution in [1.82, 2.24) is 4.90 Å². The second-order valence-corrected chi connectivity index (χ2v) is 5.32. The number of rotatable bonds is 4. The lowest BCUT2D eigenvalue weighted by Crippen LogP contribution is -2.64. The molecule has 0 aromatic heterocycles. The third kappa shape index (κ3) is 3.86.